The van der Waals surface area contributed by atoms with Crippen LogP contribution in [0.25, 0.3) is 0 Å². The number of hydrogen-bond donors (Lipinski definition) is 0. The fourth-order valence-corrected chi connectivity index (χ4v) is 3.52. The number of rotatable bonds is 11. The van der Waals surface area contributed by atoms with Crippen molar-refractivity contribution in [2.75, 3.05) is 44.8 Å². The SMILES string of the molecule is CN(CCON=CCCc1ccc(OCC(=O)N2CCCCC2)cc1)c1ccc(F)cc1. The fraction of sp³-hybridized carbons (Fsp3) is 0.440. The van der Waals surface area contributed by atoms with Crippen LogP contribution in [-0.2, 0) is 16.1 Å². The second kappa shape index (κ2) is 12.7. The lowest BCUT2D eigenvalue weighted by molar-refractivity contribution is -0.134. The standard InChI is InChI=1S/C25H32FN3O3/c1-28(23-11-9-22(26)10-12-23)18-19-32-27-15-5-6-21-7-13-24(14-8-21)31-20-25(30)29-16-3-2-4-17-29/h7-15H,2-6,16-20H2,1H3. The van der Waals surface area contributed by atoms with Crippen LogP contribution in [0.4, 0.5) is 10.1 Å². The first kappa shape index (κ1) is 23.6. The van der Waals surface area contributed by atoms with Crippen molar-refractivity contribution in [1.82, 2.24) is 4.90 Å². The van der Waals surface area contributed by atoms with Crippen LogP contribution in [0.2, 0.25) is 0 Å². The summed E-state index contributed by atoms with van der Waals surface area (Å²) in [5, 5.41) is 4.00. The Hall–Kier alpha value is -3.09. The van der Waals surface area contributed by atoms with Gasteiger partial charge in [-0.25, -0.2) is 4.39 Å². The van der Waals surface area contributed by atoms with Gasteiger partial charge in [0, 0.05) is 32.0 Å². The van der Waals surface area contributed by atoms with Crippen LogP contribution in [0.1, 0.15) is 31.2 Å². The highest BCUT2D eigenvalue weighted by Gasteiger charge is 2.16. The van der Waals surface area contributed by atoms with Crippen LogP contribution in [0.3, 0.4) is 0 Å². The Kier molecular flexibility index (Phi) is 9.35. The fourth-order valence-electron chi connectivity index (χ4n) is 3.52. The summed E-state index contributed by atoms with van der Waals surface area (Å²) in [5.41, 5.74) is 2.10. The molecule has 7 heteroatoms. The molecule has 1 saturated heterocycles. The quantitative estimate of drug-likeness (QED) is 0.297. The van der Waals surface area contributed by atoms with Crippen molar-refractivity contribution in [2.45, 2.75) is 32.1 Å². The summed E-state index contributed by atoms with van der Waals surface area (Å²) < 4.78 is 18.6. The molecule has 0 unspecified atom stereocenters. The van der Waals surface area contributed by atoms with Crippen LogP contribution in [0.15, 0.2) is 53.7 Å². The molecule has 3 rings (SSSR count). The lowest BCUT2D eigenvalue weighted by Crippen LogP contribution is -2.38. The second-order valence-electron chi connectivity index (χ2n) is 7.93. The number of anilines is 1. The van der Waals surface area contributed by atoms with Crippen LogP contribution < -0.4 is 9.64 Å². The maximum atomic E-state index is 13.0. The number of halogens is 1. The first-order chi connectivity index (χ1) is 15.6. The second-order valence-corrected chi connectivity index (χ2v) is 7.93. The Balaban J connectivity index is 1.28. The van der Waals surface area contributed by atoms with Gasteiger partial charge in [0.25, 0.3) is 5.91 Å². The normalized spacial score (nSPS) is 13.9. The number of hydrogen-bond acceptors (Lipinski definition) is 5. The number of carbonyl (C=O) groups is 1. The van der Waals surface area contributed by atoms with E-state index in [1.54, 1.807) is 18.3 Å². The number of likely N-dealkylation sites (tertiary alicyclic amines) is 1. The van der Waals surface area contributed by atoms with Crippen molar-refractivity contribution >= 4 is 17.8 Å². The van der Waals surface area contributed by atoms with Gasteiger partial charge in [0.2, 0.25) is 0 Å². The van der Waals surface area contributed by atoms with Gasteiger partial charge in [-0.3, -0.25) is 4.79 Å². The predicted octanol–water partition coefficient (Wildman–Crippen LogP) is 4.29. The Morgan fingerprint density at radius 2 is 1.81 bits per heavy atom. The van der Waals surface area contributed by atoms with Gasteiger partial charge >= 0.3 is 0 Å². The van der Waals surface area contributed by atoms with Gasteiger partial charge in [-0.15, -0.1) is 0 Å². The van der Waals surface area contributed by atoms with Gasteiger partial charge in [-0.1, -0.05) is 17.3 Å². The highest BCUT2D eigenvalue weighted by atomic mass is 19.1. The van der Waals surface area contributed by atoms with Crippen LogP contribution in [0, 0.1) is 5.82 Å². The van der Waals surface area contributed by atoms with Crippen molar-refractivity contribution in [1.29, 1.82) is 0 Å². The molecule has 0 saturated carbocycles. The Morgan fingerprint density at radius 1 is 1.09 bits per heavy atom. The van der Waals surface area contributed by atoms with E-state index >= 15 is 0 Å². The molecule has 1 amide bonds. The molecule has 32 heavy (non-hydrogen) atoms. The van der Waals surface area contributed by atoms with E-state index in [1.807, 2.05) is 41.1 Å². The van der Waals surface area contributed by atoms with Crippen molar-refractivity contribution in [3.63, 3.8) is 0 Å². The largest absolute Gasteiger partial charge is 0.484 e. The Labute approximate surface area is 189 Å². The first-order valence-corrected chi connectivity index (χ1v) is 11.2. The smallest absolute Gasteiger partial charge is 0.260 e. The molecular formula is C25H32FN3O3. The van der Waals surface area contributed by atoms with Gasteiger partial charge < -0.3 is 19.4 Å². The minimum Gasteiger partial charge on any atom is -0.484 e. The van der Waals surface area contributed by atoms with E-state index in [0.29, 0.717) is 18.9 Å². The van der Waals surface area contributed by atoms with Gasteiger partial charge in [0.1, 0.15) is 18.2 Å². The van der Waals surface area contributed by atoms with E-state index < -0.39 is 0 Å². The molecule has 1 fully saturated rings. The van der Waals surface area contributed by atoms with Crippen molar-refractivity contribution in [3.8, 4) is 5.75 Å². The molecule has 2 aromatic carbocycles. The zero-order valence-corrected chi connectivity index (χ0v) is 18.7. The molecule has 0 atom stereocenters. The molecule has 0 bridgehead atoms. The van der Waals surface area contributed by atoms with Gasteiger partial charge in [-0.05, 0) is 74.1 Å². The topological polar surface area (TPSA) is 54.4 Å². The number of nitrogens with zero attached hydrogens (tertiary/aromatic N) is 3. The average Bonchev–Trinajstić information content (AvgIpc) is 2.83. The van der Waals surface area contributed by atoms with E-state index in [1.165, 1.54) is 24.1 Å². The van der Waals surface area contributed by atoms with E-state index in [0.717, 1.165) is 44.5 Å². The number of amides is 1. The maximum absolute atomic E-state index is 13.0. The third-order valence-corrected chi connectivity index (χ3v) is 5.49. The Bertz CT molecular complexity index is 850. The minimum atomic E-state index is -0.242. The zero-order valence-electron chi connectivity index (χ0n) is 18.7. The lowest BCUT2D eigenvalue weighted by atomic mass is 10.1. The average molecular weight is 442 g/mol. The highest BCUT2D eigenvalue weighted by molar-refractivity contribution is 5.77. The maximum Gasteiger partial charge on any atom is 0.260 e. The van der Waals surface area contributed by atoms with Crippen molar-refractivity contribution in [2.24, 2.45) is 5.16 Å². The van der Waals surface area contributed by atoms with E-state index in [9.17, 15) is 9.18 Å². The van der Waals surface area contributed by atoms with Crippen LogP contribution in [-0.4, -0.2) is 56.9 Å². The molecule has 1 aliphatic rings. The number of aryl methyl sites for hydroxylation is 1. The summed E-state index contributed by atoms with van der Waals surface area (Å²) in [7, 11) is 1.93. The molecule has 6 nitrogen and oxygen atoms in total. The van der Waals surface area contributed by atoms with Crippen molar-refractivity contribution in [3.05, 3.63) is 59.9 Å². The van der Waals surface area contributed by atoms with Gasteiger partial charge in [-0.2, -0.15) is 0 Å². The summed E-state index contributed by atoms with van der Waals surface area (Å²) in [6.07, 6.45) is 6.75. The highest BCUT2D eigenvalue weighted by Crippen LogP contribution is 2.15. The van der Waals surface area contributed by atoms with Crippen LogP contribution >= 0.6 is 0 Å². The molecule has 0 radical (unpaired) electrons. The van der Waals surface area contributed by atoms with Crippen molar-refractivity contribution < 1.29 is 18.8 Å². The van der Waals surface area contributed by atoms with E-state index in [-0.39, 0.29) is 18.3 Å². The monoisotopic (exact) mass is 441 g/mol. The third kappa shape index (κ3) is 7.87. The summed E-state index contributed by atoms with van der Waals surface area (Å²) in [6, 6.07) is 14.2. The first-order valence-electron chi connectivity index (χ1n) is 11.2. The summed E-state index contributed by atoms with van der Waals surface area (Å²) in [4.78, 5) is 21.4. The summed E-state index contributed by atoms with van der Waals surface area (Å²) in [6.45, 7) is 2.89. The van der Waals surface area contributed by atoms with Gasteiger partial charge in [0.15, 0.2) is 6.61 Å². The molecule has 0 aliphatic carbocycles. The molecule has 0 aromatic heterocycles. The molecule has 1 heterocycles. The molecule has 2 aromatic rings. The zero-order chi connectivity index (χ0) is 22.6. The number of benzene rings is 2. The molecule has 172 valence electrons. The Morgan fingerprint density at radius 3 is 2.53 bits per heavy atom. The molecular weight excluding hydrogens is 409 g/mol. The van der Waals surface area contributed by atoms with Crippen LogP contribution in [0.5, 0.6) is 5.75 Å². The van der Waals surface area contributed by atoms with Gasteiger partial charge in [0.05, 0.1) is 6.54 Å². The molecule has 0 N–H and O–H groups in total. The number of piperidine rings is 1. The number of likely N-dealkylation sites (N-methyl/N-ethyl adjacent to an activating group) is 1. The molecule has 1 aliphatic heterocycles. The third-order valence-electron chi connectivity index (χ3n) is 5.49. The van der Waals surface area contributed by atoms with E-state index in [4.69, 9.17) is 9.57 Å². The minimum absolute atomic E-state index is 0.0637. The lowest BCUT2D eigenvalue weighted by Gasteiger charge is -2.26. The predicted molar refractivity (Wildman–Crippen MR) is 125 cm³/mol. The number of carbonyl (C=O) groups excluding carboxylic acids is 1. The number of oxime groups is 1. The summed E-state index contributed by atoms with van der Waals surface area (Å²) in [5.74, 6) is 0.531. The summed E-state index contributed by atoms with van der Waals surface area (Å²) >= 11 is 0. The number of ether oxygens (including phenoxy) is 1. The van der Waals surface area contributed by atoms with E-state index in [2.05, 4.69) is 5.16 Å². The molecule has 0 spiro atoms.